The van der Waals surface area contributed by atoms with E-state index in [1.807, 2.05) is 0 Å². The van der Waals surface area contributed by atoms with Crippen molar-refractivity contribution in [1.82, 2.24) is 0 Å². The molecule has 0 aliphatic rings. The summed E-state index contributed by atoms with van der Waals surface area (Å²) in [4.78, 5) is 0. The van der Waals surface area contributed by atoms with Crippen molar-refractivity contribution in [2.24, 2.45) is 10.9 Å². The van der Waals surface area contributed by atoms with Crippen LogP contribution >= 0.6 is 0 Å². The monoisotopic (exact) mass is 228 g/mol. The summed E-state index contributed by atoms with van der Waals surface area (Å²) in [5.74, 6) is -0.617. The van der Waals surface area contributed by atoms with Crippen LogP contribution in [0, 0.1) is 5.82 Å². The predicted octanol–water partition coefficient (Wildman–Crippen LogP) is 0.945. The van der Waals surface area contributed by atoms with Gasteiger partial charge < -0.3 is 20.4 Å². The Kier molecular flexibility index (Phi) is 4.53. The number of nitrogens with two attached hydrogens (primary N) is 1. The molecule has 0 amide bonds. The van der Waals surface area contributed by atoms with Crippen molar-refractivity contribution >= 4 is 5.84 Å². The minimum absolute atomic E-state index is 0.103. The number of oxime groups is 1. The van der Waals surface area contributed by atoms with Crippen LogP contribution in [0.3, 0.4) is 0 Å². The Morgan fingerprint density at radius 1 is 1.50 bits per heavy atom. The smallest absolute Gasteiger partial charge is 0.170 e. The van der Waals surface area contributed by atoms with E-state index < -0.39 is 5.82 Å². The fourth-order valence-electron chi connectivity index (χ4n) is 1.07. The molecule has 1 aromatic rings. The first-order valence-electron chi connectivity index (χ1n) is 4.58. The third-order valence-corrected chi connectivity index (χ3v) is 1.88. The van der Waals surface area contributed by atoms with Gasteiger partial charge in [-0.25, -0.2) is 4.39 Å². The summed E-state index contributed by atoms with van der Waals surface area (Å²) in [5.41, 5.74) is 5.60. The number of hydrogen-bond donors (Lipinski definition) is 2. The molecule has 0 bridgehead atoms. The highest BCUT2D eigenvalue weighted by molar-refractivity contribution is 5.97. The second-order valence-corrected chi connectivity index (χ2v) is 2.97. The van der Waals surface area contributed by atoms with E-state index in [1.165, 1.54) is 19.2 Å². The van der Waals surface area contributed by atoms with Gasteiger partial charge in [0.25, 0.3) is 0 Å². The Hall–Kier alpha value is -1.82. The van der Waals surface area contributed by atoms with E-state index in [-0.39, 0.29) is 18.2 Å². The SMILES string of the molecule is COCCOc1ccc(/C(N)=N/O)cc1F. The molecule has 0 aliphatic carbocycles. The standard InChI is InChI=1S/C10H13FN2O3/c1-15-4-5-16-9-3-2-7(6-8(9)11)10(12)13-14/h2-3,6,14H,4-5H2,1H3,(H2,12,13). The largest absolute Gasteiger partial charge is 0.488 e. The highest BCUT2D eigenvalue weighted by atomic mass is 19.1. The maximum Gasteiger partial charge on any atom is 0.170 e. The van der Waals surface area contributed by atoms with E-state index in [0.717, 1.165) is 6.07 Å². The number of hydrogen-bond acceptors (Lipinski definition) is 4. The maximum atomic E-state index is 13.4. The summed E-state index contributed by atoms with van der Waals surface area (Å²) in [6.07, 6.45) is 0. The van der Waals surface area contributed by atoms with Crippen LogP contribution in [0.2, 0.25) is 0 Å². The number of benzene rings is 1. The number of rotatable bonds is 5. The summed E-state index contributed by atoms with van der Waals surface area (Å²) in [6.45, 7) is 0.637. The van der Waals surface area contributed by atoms with Crippen molar-refractivity contribution in [1.29, 1.82) is 0 Å². The average Bonchev–Trinajstić information content (AvgIpc) is 2.30. The molecule has 0 radical (unpaired) electrons. The maximum absolute atomic E-state index is 13.4. The lowest BCUT2D eigenvalue weighted by Gasteiger charge is -2.07. The molecule has 1 rings (SSSR count). The second kappa shape index (κ2) is 5.92. The first-order chi connectivity index (χ1) is 7.69. The van der Waals surface area contributed by atoms with Crippen LogP contribution in [0.1, 0.15) is 5.56 Å². The van der Waals surface area contributed by atoms with E-state index >= 15 is 0 Å². The molecule has 0 saturated carbocycles. The summed E-state index contributed by atoms with van der Waals surface area (Å²) in [5, 5.41) is 11.2. The molecule has 0 heterocycles. The van der Waals surface area contributed by atoms with Crippen LogP contribution in [0.25, 0.3) is 0 Å². The Labute approximate surface area is 92.3 Å². The van der Waals surface area contributed by atoms with Crippen LogP contribution in [0.15, 0.2) is 23.4 Å². The lowest BCUT2D eigenvalue weighted by Crippen LogP contribution is -2.13. The van der Waals surface area contributed by atoms with Gasteiger partial charge in [0.1, 0.15) is 6.61 Å². The first kappa shape index (κ1) is 12.3. The Morgan fingerprint density at radius 2 is 2.25 bits per heavy atom. The van der Waals surface area contributed by atoms with Gasteiger partial charge in [0, 0.05) is 12.7 Å². The van der Waals surface area contributed by atoms with Crippen molar-refractivity contribution in [3.63, 3.8) is 0 Å². The Morgan fingerprint density at radius 3 is 2.81 bits per heavy atom. The van der Waals surface area contributed by atoms with Crippen LogP contribution < -0.4 is 10.5 Å². The van der Waals surface area contributed by atoms with Crippen LogP contribution in [-0.4, -0.2) is 31.4 Å². The molecular weight excluding hydrogens is 215 g/mol. The van der Waals surface area contributed by atoms with Gasteiger partial charge >= 0.3 is 0 Å². The molecule has 0 unspecified atom stereocenters. The molecule has 0 atom stereocenters. The molecule has 0 fully saturated rings. The number of ether oxygens (including phenoxy) is 2. The third kappa shape index (κ3) is 3.09. The molecule has 0 aliphatic heterocycles. The quantitative estimate of drug-likeness (QED) is 0.258. The van der Waals surface area contributed by atoms with Gasteiger partial charge in [0.05, 0.1) is 6.61 Å². The van der Waals surface area contributed by atoms with Crippen molar-refractivity contribution in [3.05, 3.63) is 29.6 Å². The topological polar surface area (TPSA) is 77.1 Å². The molecule has 0 aromatic heterocycles. The fourth-order valence-corrected chi connectivity index (χ4v) is 1.07. The van der Waals surface area contributed by atoms with Crippen LogP contribution in [0.4, 0.5) is 4.39 Å². The predicted molar refractivity (Wildman–Crippen MR) is 56.3 cm³/mol. The van der Waals surface area contributed by atoms with Gasteiger partial charge in [-0.2, -0.15) is 0 Å². The molecule has 88 valence electrons. The van der Waals surface area contributed by atoms with Gasteiger partial charge in [-0.3, -0.25) is 0 Å². The molecule has 0 saturated heterocycles. The molecule has 16 heavy (non-hydrogen) atoms. The van der Waals surface area contributed by atoms with Gasteiger partial charge in [-0.05, 0) is 18.2 Å². The molecule has 6 heteroatoms. The Balaban J connectivity index is 2.75. The van der Waals surface area contributed by atoms with Crippen molar-refractivity contribution in [2.75, 3.05) is 20.3 Å². The average molecular weight is 228 g/mol. The Bertz CT molecular complexity index is 382. The summed E-state index contributed by atoms with van der Waals surface area (Å²) in [7, 11) is 1.53. The summed E-state index contributed by atoms with van der Waals surface area (Å²) < 4.78 is 23.3. The van der Waals surface area contributed by atoms with Gasteiger partial charge in [-0.15, -0.1) is 0 Å². The number of halogens is 1. The molecule has 3 N–H and O–H groups in total. The number of methoxy groups -OCH3 is 1. The lowest BCUT2D eigenvalue weighted by molar-refractivity contribution is 0.144. The normalized spacial score (nSPS) is 11.5. The van der Waals surface area contributed by atoms with Crippen molar-refractivity contribution < 1.29 is 19.1 Å². The van der Waals surface area contributed by atoms with E-state index in [2.05, 4.69) is 5.16 Å². The van der Waals surface area contributed by atoms with Crippen LogP contribution in [0.5, 0.6) is 5.75 Å². The second-order valence-electron chi connectivity index (χ2n) is 2.97. The summed E-state index contributed by atoms with van der Waals surface area (Å²) >= 11 is 0. The van der Waals surface area contributed by atoms with Crippen LogP contribution in [-0.2, 0) is 4.74 Å². The van der Waals surface area contributed by atoms with Gasteiger partial charge in [0.15, 0.2) is 17.4 Å². The number of amidine groups is 1. The molecular formula is C10H13FN2O3. The molecule has 1 aromatic carbocycles. The zero-order valence-corrected chi connectivity index (χ0v) is 8.81. The van der Waals surface area contributed by atoms with Crippen molar-refractivity contribution in [3.8, 4) is 5.75 Å². The van der Waals surface area contributed by atoms with E-state index in [0.29, 0.717) is 12.2 Å². The first-order valence-corrected chi connectivity index (χ1v) is 4.58. The lowest BCUT2D eigenvalue weighted by atomic mass is 10.2. The van der Waals surface area contributed by atoms with E-state index in [9.17, 15) is 4.39 Å². The van der Waals surface area contributed by atoms with Gasteiger partial charge in [-0.1, -0.05) is 5.16 Å². The minimum Gasteiger partial charge on any atom is -0.488 e. The minimum atomic E-state index is -0.569. The molecule has 0 spiro atoms. The van der Waals surface area contributed by atoms with Crippen molar-refractivity contribution in [2.45, 2.75) is 0 Å². The fraction of sp³-hybridized carbons (Fsp3) is 0.300. The zero-order valence-electron chi connectivity index (χ0n) is 8.81. The van der Waals surface area contributed by atoms with E-state index in [4.69, 9.17) is 20.4 Å². The highest BCUT2D eigenvalue weighted by Crippen LogP contribution is 2.18. The third-order valence-electron chi connectivity index (χ3n) is 1.88. The molecule has 5 nitrogen and oxygen atoms in total. The zero-order chi connectivity index (χ0) is 12.0. The van der Waals surface area contributed by atoms with Gasteiger partial charge in [0.2, 0.25) is 0 Å². The highest BCUT2D eigenvalue weighted by Gasteiger charge is 2.07. The summed E-state index contributed by atoms with van der Waals surface area (Å²) in [6, 6.07) is 4.05. The number of nitrogens with zero attached hydrogens (tertiary/aromatic N) is 1. The van der Waals surface area contributed by atoms with E-state index in [1.54, 1.807) is 0 Å².